The molecule has 0 fully saturated rings. The first kappa shape index (κ1) is 29.4. The van der Waals surface area contributed by atoms with Crippen LogP contribution in [0.4, 0.5) is 10.5 Å². The van der Waals surface area contributed by atoms with E-state index in [1.54, 1.807) is 23.3 Å². The molecule has 3 aromatic rings. The molecule has 0 aliphatic heterocycles. The minimum Gasteiger partial charge on any atom is -0.383 e. The predicted molar refractivity (Wildman–Crippen MR) is 157 cm³/mol. The van der Waals surface area contributed by atoms with Crippen LogP contribution in [0.25, 0.3) is 0 Å². The van der Waals surface area contributed by atoms with Gasteiger partial charge in [-0.15, -0.1) is 11.3 Å². The molecule has 0 aliphatic carbocycles. The monoisotopic (exact) mass is 535 g/mol. The van der Waals surface area contributed by atoms with Crippen LogP contribution in [-0.4, -0.2) is 48.5 Å². The van der Waals surface area contributed by atoms with Crippen LogP contribution < -0.4 is 5.32 Å². The predicted octanol–water partition coefficient (Wildman–Crippen LogP) is 7.01. The van der Waals surface area contributed by atoms with Crippen molar-refractivity contribution in [2.24, 2.45) is 0 Å². The third-order valence-electron chi connectivity index (χ3n) is 6.50. The molecule has 0 unspecified atom stereocenters. The Morgan fingerprint density at radius 1 is 0.868 bits per heavy atom. The summed E-state index contributed by atoms with van der Waals surface area (Å²) in [6.45, 7) is 12.1. The van der Waals surface area contributed by atoms with E-state index in [0.29, 0.717) is 26.2 Å². The molecule has 3 rings (SSSR count). The highest BCUT2D eigenvalue weighted by Crippen LogP contribution is 2.32. The highest BCUT2D eigenvalue weighted by molar-refractivity contribution is 7.11. The quantitative estimate of drug-likeness (QED) is 0.271. The van der Waals surface area contributed by atoms with Gasteiger partial charge in [-0.3, -0.25) is 4.79 Å². The van der Waals surface area contributed by atoms with E-state index in [-0.39, 0.29) is 30.3 Å². The van der Waals surface area contributed by atoms with Crippen LogP contribution in [0.2, 0.25) is 0 Å². The number of amides is 3. The number of aryl methyl sites for hydroxylation is 1. The smallest absolute Gasteiger partial charge is 0.322 e. The number of thiophene rings is 1. The lowest BCUT2D eigenvalue weighted by atomic mass is 9.93. The molecule has 1 heterocycles. The Kier molecular flexibility index (Phi) is 10.9. The molecular weight excluding hydrogens is 494 g/mol. The Hall–Kier alpha value is -3.16. The van der Waals surface area contributed by atoms with Gasteiger partial charge in [0.2, 0.25) is 5.91 Å². The number of nitrogens with zero attached hydrogens (tertiary/aromatic N) is 2. The van der Waals surface area contributed by atoms with E-state index in [0.717, 1.165) is 27.3 Å². The Labute approximate surface area is 231 Å². The number of nitrogens with one attached hydrogen (secondary N) is 1. The van der Waals surface area contributed by atoms with Crippen molar-refractivity contribution in [2.45, 2.75) is 59.5 Å². The van der Waals surface area contributed by atoms with Gasteiger partial charge in [-0.2, -0.15) is 0 Å². The molecule has 0 radical (unpaired) electrons. The van der Waals surface area contributed by atoms with Crippen LogP contribution in [0.3, 0.4) is 0 Å². The minimum atomic E-state index is -0.294. The highest BCUT2D eigenvalue weighted by atomic mass is 32.1. The molecule has 2 aromatic carbocycles. The Morgan fingerprint density at radius 2 is 1.53 bits per heavy atom. The maximum atomic E-state index is 13.7. The van der Waals surface area contributed by atoms with Gasteiger partial charge >= 0.3 is 6.03 Å². The molecule has 0 saturated heterocycles. The van der Waals surface area contributed by atoms with Crippen molar-refractivity contribution < 1.29 is 14.3 Å². The first-order valence-electron chi connectivity index (χ1n) is 13.2. The number of benzene rings is 2. The van der Waals surface area contributed by atoms with Crippen LogP contribution in [0.1, 0.15) is 66.0 Å². The third kappa shape index (κ3) is 8.17. The summed E-state index contributed by atoms with van der Waals surface area (Å²) in [5.41, 5.74) is 4.06. The average molecular weight is 536 g/mol. The number of hydrogen-bond acceptors (Lipinski definition) is 4. The van der Waals surface area contributed by atoms with Crippen molar-refractivity contribution >= 4 is 29.0 Å². The van der Waals surface area contributed by atoms with E-state index in [4.69, 9.17) is 4.74 Å². The normalized spacial score (nSPS) is 11.2. The van der Waals surface area contributed by atoms with E-state index in [9.17, 15) is 9.59 Å². The second kappa shape index (κ2) is 14.1. The van der Waals surface area contributed by atoms with E-state index < -0.39 is 0 Å². The zero-order chi connectivity index (χ0) is 27.7. The number of urea groups is 1. The van der Waals surface area contributed by atoms with Gasteiger partial charge in [0.1, 0.15) is 6.54 Å². The molecule has 0 saturated carbocycles. The molecule has 1 aromatic heterocycles. The Bertz CT molecular complexity index is 1160. The SMILES string of the molecule is COCCN(CC(=O)N(Cc1ccccc1)Cc1ccc(C)s1)C(=O)Nc1c(C(C)C)cccc1C(C)C. The third-order valence-corrected chi connectivity index (χ3v) is 7.48. The fourth-order valence-corrected chi connectivity index (χ4v) is 5.30. The summed E-state index contributed by atoms with van der Waals surface area (Å²) < 4.78 is 5.29. The highest BCUT2D eigenvalue weighted by Gasteiger charge is 2.24. The van der Waals surface area contributed by atoms with Crippen LogP contribution in [0.5, 0.6) is 0 Å². The number of carbonyl (C=O) groups is 2. The maximum Gasteiger partial charge on any atom is 0.322 e. The summed E-state index contributed by atoms with van der Waals surface area (Å²) in [6, 6.07) is 20.0. The molecule has 204 valence electrons. The number of anilines is 1. The number of carbonyl (C=O) groups excluding carboxylic acids is 2. The molecular formula is C31H41N3O3S. The molecule has 3 amide bonds. The maximum absolute atomic E-state index is 13.7. The summed E-state index contributed by atoms with van der Waals surface area (Å²) in [7, 11) is 1.60. The topological polar surface area (TPSA) is 61.9 Å². The van der Waals surface area contributed by atoms with E-state index >= 15 is 0 Å². The number of methoxy groups -OCH3 is 1. The van der Waals surface area contributed by atoms with E-state index in [1.165, 1.54) is 4.88 Å². The molecule has 6 nitrogen and oxygen atoms in total. The molecule has 1 N–H and O–H groups in total. The standard InChI is InChI=1S/C31H41N3O3S/c1-22(2)27-13-10-14-28(23(3)4)30(27)32-31(36)33(17-18-37-6)21-29(35)34(19-25-11-8-7-9-12-25)20-26-16-15-24(5)38-26/h7-16,22-23H,17-21H2,1-6H3,(H,32,36). The zero-order valence-corrected chi connectivity index (χ0v) is 24.3. The van der Waals surface area contributed by atoms with E-state index in [1.807, 2.05) is 41.3 Å². The van der Waals surface area contributed by atoms with Crippen molar-refractivity contribution in [1.29, 1.82) is 0 Å². The number of hydrogen-bond donors (Lipinski definition) is 1. The second-order valence-corrected chi connectivity index (χ2v) is 11.6. The first-order chi connectivity index (χ1) is 18.2. The van der Waals surface area contributed by atoms with Crippen molar-refractivity contribution in [3.63, 3.8) is 0 Å². The van der Waals surface area contributed by atoms with Gasteiger partial charge < -0.3 is 19.9 Å². The fourth-order valence-electron chi connectivity index (χ4n) is 4.39. The van der Waals surface area contributed by atoms with Crippen LogP contribution in [0.15, 0.2) is 60.7 Å². The van der Waals surface area contributed by atoms with Crippen LogP contribution >= 0.6 is 11.3 Å². The van der Waals surface area contributed by atoms with Crippen LogP contribution in [-0.2, 0) is 22.6 Å². The van der Waals surface area contributed by atoms with Crippen molar-refractivity contribution in [3.8, 4) is 0 Å². The van der Waals surface area contributed by atoms with Gasteiger partial charge in [-0.05, 0) is 47.6 Å². The van der Waals surface area contributed by atoms with Gasteiger partial charge in [0.05, 0.1) is 13.2 Å². The Balaban J connectivity index is 1.85. The summed E-state index contributed by atoms with van der Waals surface area (Å²) in [6.07, 6.45) is 0. The zero-order valence-electron chi connectivity index (χ0n) is 23.5. The second-order valence-electron chi connectivity index (χ2n) is 10.2. The van der Waals surface area contributed by atoms with Gasteiger partial charge in [0.25, 0.3) is 0 Å². The fraction of sp³-hybridized carbons (Fsp3) is 0.419. The first-order valence-corrected chi connectivity index (χ1v) is 14.1. The van der Waals surface area contributed by atoms with Crippen molar-refractivity contribution in [1.82, 2.24) is 9.80 Å². The molecule has 38 heavy (non-hydrogen) atoms. The summed E-state index contributed by atoms with van der Waals surface area (Å²) in [5.74, 6) is 0.384. The van der Waals surface area contributed by atoms with Gasteiger partial charge in [0, 0.05) is 35.6 Å². The summed E-state index contributed by atoms with van der Waals surface area (Å²) >= 11 is 1.69. The lowest BCUT2D eigenvalue weighted by molar-refractivity contribution is -0.133. The van der Waals surface area contributed by atoms with Gasteiger partial charge in [-0.1, -0.05) is 76.2 Å². The lowest BCUT2D eigenvalue weighted by Gasteiger charge is -2.29. The molecule has 0 aliphatic rings. The van der Waals surface area contributed by atoms with E-state index in [2.05, 4.69) is 64.2 Å². The lowest BCUT2D eigenvalue weighted by Crippen LogP contribution is -2.45. The molecule has 0 atom stereocenters. The average Bonchev–Trinajstić information content (AvgIpc) is 3.30. The summed E-state index contributed by atoms with van der Waals surface area (Å²) in [5, 5.41) is 3.16. The molecule has 0 bridgehead atoms. The van der Waals surface area contributed by atoms with Gasteiger partial charge in [-0.25, -0.2) is 4.79 Å². The number of rotatable bonds is 12. The number of ether oxygens (including phenoxy) is 1. The molecule has 7 heteroatoms. The Morgan fingerprint density at radius 3 is 2.08 bits per heavy atom. The number of para-hydroxylation sites is 1. The minimum absolute atomic E-state index is 0.0345. The molecule has 0 spiro atoms. The van der Waals surface area contributed by atoms with Crippen LogP contribution in [0, 0.1) is 6.92 Å². The summed E-state index contributed by atoms with van der Waals surface area (Å²) in [4.78, 5) is 33.1. The van der Waals surface area contributed by atoms with Crippen molar-refractivity contribution in [2.75, 3.05) is 32.1 Å². The van der Waals surface area contributed by atoms with Gasteiger partial charge in [0.15, 0.2) is 0 Å². The largest absolute Gasteiger partial charge is 0.383 e. The van der Waals surface area contributed by atoms with Crippen molar-refractivity contribution in [3.05, 3.63) is 87.1 Å².